The fraction of sp³-hybridized carbons (Fsp3) is 0.480. The molecule has 0 bridgehead atoms. The maximum Gasteiger partial charge on any atom is 0.234 e. The molecule has 4 nitrogen and oxygen atoms in total. The van der Waals surface area contributed by atoms with Crippen molar-refractivity contribution in [3.63, 3.8) is 0 Å². The highest BCUT2D eigenvalue weighted by molar-refractivity contribution is 5.87. The SMILES string of the molecule is CC[C@H]1C[C@@H](O)CC2(CCN(C(=O)C(c3ccccc3)c3ccccc3)CC2)O1. The molecular formula is C25H31NO3. The zero-order valence-corrected chi connectivity index (χ0v) is 17.2. The Morgan fingerprint density at radius 3 is 2.14 bits per heavy atom. The van der Waals surface area contributed by atoms with Crippen LogP contribution in [0.3, 0.4) is 0 Å². The van der Waals surface area contributed by atoms with Gasteiger partial charge in [0.1, 0.15) is 0 Å². The lowest BCUT2D eigenvalue weighted by Gasteiger charge is -2.48. The fourth-order valence-corrected chi connectivity index (χ4v) is 4.92. The topological polar surface area (TPSA) is 49.8 Å². The van der Waals surface area contributed by atoms with Crippen LogP contribution in [0, 0.1) is 0 Å². The molecule has 2 fully saturated rings. The summed E-state index contributed by atoms with van der Waals surface area (Å²) in [4.78, 5) is 15.6. The fourth-order valence-electron chi connectivity index (χ4n) is 4.92. The molecule has 154 valence electrons. The van der Waals surface area contributed by atoms with Crippen molar-refractivity contribution < 1.29 is 14.6 Å². The van der Waals surface area contributed by atoms with E-state index in [1.807, 2.05) is 65.6 Å². The van der Waals surface area contributed by atoms with Gasteiger partial charge in [-0.25, -0.2) is 0 Å². The van der Waals surface area contributed by atoms with Gasteiger partial charge in [-0.3, -0.25) is 4.79 Å². The summed E-state index contributed by atoms with van der Waals surface area (Å²) in [6.45, 7) is 3.47. The Bertz CT molecular complexity index is 760. The van der Waals surface area contributed by atoms with Crippen LogP contribution in [0.2, 0.25) is 0 Å². The smallest absolute Gasteiger partial charge is 0.234 e. The summed E-state index contributed by atoms with van der Waals surface area (Å²) in [5.41, 5.74) is 1.78. The average molecular weight is 394 g/mol. The molecule has 2 aliphatic rings. The maximum absolute atomic E-state index is 13.6. The molecule has 0 aliphatic carbocycles. The third kappa shape index (κ3) is 4.39. The maximum atomic E-state index is 13.6. The van der Waals surface area contributed by atoms with Crippen LogP contribution in [0.15, 0.2) is 60.7 Å². The molecule has 29 heavy (non-hydrogen) atoms. The van der Waals surface area contributed by atoms with Crippen LogP contribution in [-0.2, 0) is 9.53 Å². The van der Waals surface area contributed by atoms with Crippen LogP contribution in [0.4, 0.5) is 0 Å². The largest absolute Gasteiger partial charge is 0.393 e. The Kier molecular flexibility index (Phi) is 6.02. The minimum absolute atomic E-state index is 0.127. The molecule has 2 heterocycles. The second-order valence-electron chi connectivity index (χ2n) is 8.50. The molecule has 1 spiro atoms. The van der Waals surface area contributed by atoms with Crippen molar-refractivity contribution in [2.45, 2.75) is 62.8 Å². The van der Waals surface area contributed by atoms with Gasteiger partial charge in [-0.15, -0.1) is 0 Å². The Balaban J connectivity index is 1.51. The molecule has 0 saturated carbocycles. The molecule has 0 aromatic heterocycles. The Morgan fingerprint density at radius 1 is 1.07 bits per heavy atom. The van der Waals surface area contributed by atoms with Crippen LogP contribution in [0.5, 0.6) is 0 Å². The van der Waals surface area contributed by atoms with Crippen molar-refractivity contribution in [2.75, 3.05) is 13.1 Å². The first-order valence-corrected chi connectivity index (χ1v) is 10.8. The monoisotopic (exact) mass is 393 g/mol. The number of likely N-dealkylation sites (tertiary alicyclic amines) is 1. The van der Waals surface area contributed by atoms with Gasteiger partial charge in [0.25, 0.3) is 0 Å². The predicted molar refractivity (Wildman–Crippen MR) is 114 cm³/mol. The predicted octanol–water partition coefficient (Wildman–Crippen LogP) is 4.13. The molecular weight excluding hydrogens is 362 g/mol. The Hall–Kier alpha value is -2.17. The van der Waals surface area contributed by atoms with Crippen molar-refractivity contribution in [3.05, 3.63) is 71.8 Å². The quantitative estimate of drug-likeness (QED) is 0.850. The molecule has 2 aromatic carbocycles. The van der Waals surface area contributed by atoms with Gasteiger partial charge in [0, 0.05) is 19.5 Å². The first kappa shape index (κ1) is 20.1. The summed E-state index contributed by atoms with van der Waals surface area (Å²) in [5.74, 6) is -0.131. The minimum Gasteiger partial charge on any atom is -0.393 e. The number of carbonyl (C=O) groups excluding carboxylic acids is 1. The van der Waals surface area contributed by atoms with Crippen molar-refractivity contribution in [3.8, 4) is 0 Å². The van der Waals surface area contributed by atoms with E-state index in [1.165, 1.54) is 0 Å². The normalized spacial score (nSPS) is 24.0. The number of amides is 1. The van der Waals surface area contributed by atoms with E-state index >= 15 is 0 Å². The lowest BCUT2D eigenvalue weighted by Crippen LogP contribution is -2.54. The van der Waals surface area contributed by atoms with Gasteiger partial charge >= 0.3 is 0 Å². The van der Waals surface area contributed by atoms with Crippen molar-refractivity contribution >= 4 is 5.91 Å². The van der Waals surface area contributed by atoms with Gasteiger partial charge < -0.3 is 14.7 Å². The van der Waals surface area contributed by atoms with Gasteiger partial charge in [-0.1, -0.05) is 67.6 Å². The van der Waals surface area contributed by atoms with E-state index in [1.54, 1.807) is 0 Å². The van der Waals surface area contributed by atoms with Crippen LogP contribution in [0.1, 0.15) is 56.1 Å². The number of benzene rings is 2. The van der Waals surface area contributed by atoms with E-state index in [9.17, 15) is 9.90 Å². The third-order valence-electron chi connectivity index (χ3n) is 6.51. The molecule has 1 N–H and O–H groups in total. The number of ether oxygens (including phenoxy) is 1. The zero-order chi connectivity index (χ0) is 20.3. The van der Waals surface area contributed by atoms with E-state index in [4.69, 9.17) is 4.74 Å². The van der Waals surface area contributed by atoms with E-state index in [0.717, 1.165) is 36.8 Å². The molecule has 4 rings (SSSR count). The third-order valence-corrected chi connectivity index (χ3v) is 6.51. The molecule has 4 heteroatoms. The van der Waals surface area contributed by atoms with Gasteiger partial charge in [-0.2, -0.15) is 0 Å². The van der Waals surface area contributed by atoms with E-state index in [-0.39, 0.29) is 29.6 Å². The highest BCUT2D eigenvalue weighted by Crippen LogP contribution is 2.39. The number of aliphatic hydroxyl groups excluding tert-OH is 1. The van der Waals surface area contributed by atoms with E-state index in [2.05, 4.69) is 6.92 Å². The molecule has 2 aromatic rings. The molecule has 2 atom stereocenters. The first-order valence-electron chi connectivity index (χ1n) is 10.8. The highest BCUT2D eigenvalue weighted by atomic mass is 16.5. The van der Waals surface area contributed by atoms with Crippen molar-refractivity contribution in [1.29, 1.82) is 0 Å². The Morgan fingerprint density at radius 2 is 1.62 bits per heavy atom. The van der Waals surface area contributed by atoms with Gasteiger partial charge in [0.05, 0.1) is 23.7 Å². The summed E-state index contributed by atoms with van der Waals surface area (Å²) in [5, 5.41) is 10.3. The van der Waals surface area contributed by atoms with Crippen molar-refractivity contribution in [1.82, 2.24) is 4.90 Å². The lowest BCUT2D eigenvalue weighted by atomic mass is 9.81. The van der Waals surface area contributed by atoms with E-state index < -0.39 is 0 Å². The number of aliphatic hydroxyl groups is 1. The van der Waals surface area contributed by atoms with Crippen LogP contribution in [-0.4, -0.2) is 46.8 Å². The molecule has 2 saturated heterocycles. The number of rotatable bonds is 4. The second kappa shape index (κ2) is 8.68. The summed E-state index contributed by atoms with van der Waals surface area (Å²) >= 11 is 0. The number of nitrogens with zero attached hydrogens (tertiary/aromatic N) is 1. The minimum atomic E-state index is -0.294. The summed E-state index contributed by atoms with van der Waals surface area (Å²) in [6.07, 6.45) is 3.76. The summed E-state index contributed by atoms with van der Waals surface area (Å²) in [6, 6.07) is 20.1. The number of hydrogen-bond donors (Lipinski definition) is 1. The van der Waals surface area contributed by atoms with E-state index in [0.29, 0.717) is 19.5 Å². The highest BCUT2D eigenvalue weighted by Gasteiger charge is 2.44. The molecule has 1 amide bonds. The van der Waals surface area contributed by atoms with Crippen LogP contribution < -0.4 is 0 Å². The van der Waals surface area contributed by atoms with Crippen LogP contribution >= 0.6 is 0 Å². The molecule has 2 aliphatic heterocycles. The van der Waals surface area contributed by atoms with Crippen LogP contribution in [0.25, 0.3) is 0 Å². The standard InChI is InChI=1S/C25H31NO3/c1-2-22-17-21(27)18-25(29-22)13-15-26(16-14-25)24(28)23(19-9-5-3-6-10-19)20-11-7-4-8-12-20/h3-12,21-23,27H,2,13-18H2,1H3/t21-,22+/m1/s1. The summed E-state index contributed by atoms with van der Waals surface area (Å²) < 4.78 is 6.39. The Labute approximate surface area is 173 Å². The van der Waals surface area contributed by atoms with Gasteiger partial charge in [0.15, 0.2) is 0 Å². The lowest BCUT2D eigenvalue weighted by molar-refractivity contribution is -0.184. The first-order chi connectivity index (χ1) is 14.1. The number of hydrogen-bond acceptors (Lipinski definition) is 3. The molecule has 0 radical (unpaired) electrons. The van der Waals surface area contributed by atoms with Gasteiger partial charge in [0.2, 0.25) is 5.91 Å². The second-order valence-corrected chi connectivity index (χ2v) is 8.50. The number of carbonyl (C=O) groups is 1. The summed E-state index contributed by atoms with van der Waals surface area (Å²) in [7, 11) is 0. The van der Waals surface area contributed by atoms with Gasteiger partial charge in [-0.05, 0) is 36.8 Å². The van der Waals surface area contributed by atoms with Crippen molar-refractivity contribution in [2.24, 2.45) is 0 Å². The average Bonchev–Trinajstić information content (AvgIpc) is 2.75. The molecule has 0 unspecified atom stereocenters. The zero-order valence-electron chi connectivity index (χ0n) is 17.2. The number of piperidine rings is 1.